The molecule has 0 amide bonds. The van der Waals surface area contributed by atoms with Crippen molar-refractivity contribution in [1.29, 1.82) is 0 Å². The van der Waals surface area contributed by atoms with Crippen molar-refractivity contribution < 1.29 is 22.7 Å². The van der Waals surface area contributed by atoms with Gasteiger partial charge in [0.2, 0.25) is 10.0 Å². The molecule has 0 radical (unpaired) electrons. The highest BCUT2D eigenvalue weighted by molar-refractivity contribution is 7.98. The molecular weight excluding hydrogens is 350 g/mol. The Morgan fingerprint density at radius 1 is 1.17 bits per heavy atom. The summed E-state index contributed by atoms with van der Waals surface area (Å²) in [5, 5.41) is 5.09. The van der Waals surface area contributed by atoms with Crippen molar-refractivity contribution >= 4 is 27.8 Å². The molecule has 0 fully saturated rings. The summed E-state index contributed by atoms with van der Waals surface area (Å²) in [4.78, 5) is 13.2. The Bertz CT molecular complexity index is 832. The quantitative estimate of drug-likeness (QED) is 0.622. The number of sulfonamides is 1. The summed E-state index contributed by atoms with van der Waals surface area (Å²) in [6, 6.07) is 11.4. The van der Waals surface area contributed by atoms with Gasteiger partial charge in [0.15, 0.2) is 0 Å². The molecular formula is C16H17NO5S2. The third-order valence-electron chi connectivity index (χ3n) is 3.25. The van der Waals surface area contributed by atoms with Crippen LogP contribution >= 0.6 is 11.8 Å². The fourth-order valence-corrected chi connectivity index (χ4v) is 2.92. The zero-order valence-corrected chi connectivity index (χ0v) is 14.8. The number of hydrogen-bond acceptors (Lipinski definition) is 6. The fraction of sp³-hybridized carbons (Fsp3) is 0.188. The van der Waals surface area contributed by atoms with Crippen molar-refractivity contribution in [3.8, 4) is 5.75 Å². The van der Waals surface area contributed by atoms with E-state index in [9.17, 15) is 13.2 Å². The summed E-state index contributed by atoms with van der Waals surface area (Å²) < 4.78 is 33.2. The van der Waals surface area contributed by atoms with Gasteiger partial charge < -0.3 is 9.47 Å². The molecule has 2 aromatic carbocycles. The van der Waals surface area contributed by atoms with Gasteiger partial charge in [0, 0.05) is 4.90 Å². The number of primary sulfonamides is 1. The Morgan fingerprint density at radius 2 is 1.83 bits per heavy atom. The van der Waals surface area contributed by atoms with Crippen LogP contribution in [0, 0.1) is 0 Å². The van der Waals surface area contributed by atoms with E-state index in [2.05, 4.69) is 0 Å². The van der Waals surface area contributed by atoms with Crippen LogP contribution in [0.2, 0.25) is 0 Å². The summed E-state index contributed by atoms with van der Waals surface area (Å²) in [7, 11) is -2.55. The van der Waals surface area contributed by atoms with Gasteiger partial charge in [-0.05, 0) is 42.2 Å². The van der Waals surface area contributed by atoms with E-state index >= 15 is 0 Å². The van der Waals surface area contributed by atoms with Crippen LogP contribution in [0.25, 0.3) is 0 Å². The first kappa shape index (κ1) is 18.3. The maximum atomic E-state index is 12.3. The largest absolute Gasteiger partial charge is 0.496 e. The van der Waals surface area contributed by atoms with Gasteiger partial charge in [-0.3, -0.25) is 0 Å². The lowest BCUT2D eigenvalue weighted by Gasteiger charge is -2.10. The highest BCUT2D eigenvalue weighted by Gasteiger charge is 2.18. The van der Waals surface area contributed by atoms with Crippen LogP contribution in [0.1, 0.15) is 15.9 Å². The van der Waals surface area contributed by atoms with Gasteiger partial charge in [0.05, 0.1) is 12.0 Å². The normalized spacial score (nSPS) is 11.1. The molecule has 24 heavy (non-hydrogen) atoms. The first-order valence-electron chi connectivity index (χ1n) is 6.86. The zero-order valence-electron chi connectivity index (χ0n) is 13.2. The number of thioether (sulfide) groups is 1. The molecule has 2 rings (SSSR count). The minimum absolute atomic E-state index is 0.00441. The molecule has 128 valence electrons. The molecule has 8 heteroatoms. The van der Waals surface area contributed by atoms with Crippen LogP contribution in [0.5, 0.6) is 5.75 Å². The lowest BCUT2D eigenvalue weighted by Crippen LogP contribution is -2.14. The minimum atomic E-state index is -3.92. The zero-order chi connectivity index (χ0) is 17.7. The minimum Gasteiger partial charge on any atom is -0.496 e. The number of rotatable bonds is 6. The second-order valence-electron chi connectivity index (χ2n) is 4.83. The van der Waals surface area contributed by atoms with Crippen LogP contribution in [-0.2, 0) is 21.4 Å². The maximum Gasteiger partial charge on any atom is 0.342 e. The van der Waals surface area contributed by atoms with E-state index < -0.39 is 16.0 Å². The number of ether oxygens (including phenoxy) is 2. The van der Waals surface area contributed by atoms with Crippen LogP contribution < -0.4 is 9.88 Å². The number of nitrogens with two attached hydrogens (primary N) is 1. The predicted molar refractivity (Wildman–Crippen MR) is 91.7 cm³/mol. The SMILES string of the molecule is COc1ccc(S(N)(=O)=O)cc1C(=O)OCc1ccc(SC)cc1. The molecule has 0 atom stereocenters. The Labute approximate surface area is 145 Å². The molecule has 0 heterocycles. The maximum absolute atomic E-state index is 12.3. The first-order valence-corrected chi connectivity index (χ1v) is 9.63. The summed E-state index contributed by atoms with van der Waals surface area (Å²) in [6.07, 6.45) is 1.97. The summed E-state index contributed by atoms with van der Waals surface area (Å²) >= 11 is 1.61. The number of carbonyl (C=O) groups is 1. The van der Waals surface area contributed by atoms with E-state index in [0.29, 0.717) is 0 Å². The topological polar surface area (TPSA) is 95.7 Å². The van der Waals surface area contributed by atoms with Gasteiger partial charge in [-0.25, -0.2) is 18.4 Å². The van der Waals surface area contributed by atoms with Gasteiger partial charge in [-0.1, -0.05) is 12.1 Å². The van der Waals surface area contributed by atoms with Crippen molar-refractivity contribution in [3.63, 3.8) is 0 Å². The summed E-state index contributed by atoms with van der Waals surface area (Å²) in [5.74, 6) is -0.476. The van der Waals surface area contributed by atoms with Crippen LogP contribution in [0.4, 0.5) is 0 Å². The molecule has 2 N–H and O–H groups in total. The molecule has 2 aromatic rings. The molecule has 0 aliphatic rings. The van der Waals surface area contributed by atoms with E-state index in [1.165, 1.54) is 19.2 Å². The van der Waals surface area contributed by atoms with Crippen LogP contribution in [0.3, 0.4) is 0 Å². The van der Waals surface area contributed by atoms with E-state index in [1.807, 2.05) is 30.5 Å². The number of methoxy groups -OCH3 is 1. The van der Waals surface area contributed by atoms with Crippen molar-refractivity contribution in [3.05, 3.63) is 53.6 Å². The predicted octanol–water partition coefficient (Wildman–Crippen LogP) is 2.42. The first-order chi connectivity index (χ1) is 11.3. The highest BCUT2D eigenvalue weighted by Crippen LogP contribution is 2.23. The van der Waals surface area contributed by atoms with E-state index in [-0.39, 0.29) is 22.8 Å². The fourth-order valence-electron chi connectivity index (χ4n) is 1.97. The van der Waals surface area contributed by atoms with Crippen molar-refractivity contribution in [2.75, 3.05) is 13.4 Å². The van der Waals surface area contributed by atoms with Gasteiger partial charge >= 0.3 is 5.97 Å². The van der Waals surface area contributed by atoms with Crippen molar-refractivity contribution in [2.24, 2.45) is 5.14 Å². The number of hydrogen-bond donors (Lipinski definition) is 1. The molecule has 0 aliphatic carbocycles. The molecule has 0 unspecified atom stereocenters. The lowest BCUT2D eigenvalue weighted by molar-refractivity contribution is 0.0468. The summed E-state index contributed by atoms with van der Waals surface area (Å²) in [6.45, 7) is 0.0657. The van der Waals surface area contributed by atoms with E-state index in [4.69, 9.17) is 14.6 Å². The Balaban J connectivity index is 2.18. The monoisotopic (exact) mass is 367 g/mol. The van der Waals surface area contributed by atoms with Gasteiger partial charge in [0.25, 0.3) is 0 Å². The second kappa shape index (κ2) is 7.69. The molecule has 0 bridgehead atoms. The van der Waals surface area contributed by atoms with E-state index in [0.717, 1.165) is 16.5 Å². The lowest BCUT2D eigenvalue weighted by atomic mass is 10.2. The molecule has 0 spiro atoms. The Morgan fingerprint density at radius 3 is 2.38 bits per heavy atom. The van der Waals surface area contributed by atoms with Crippen LogP contribution in [-0.4, -0.2) is 27.8 Å². The van der Waals surface area contributed by atoms with E-state index in [1.54, 1.807) is 11.8 Å². The summed E-state index contributed by atoms with van der Waals surface area (Å²) in [5.41, 5.74) is 0.826. The third-order valence-corrected chi connectivity index (χ3v) is 4.90. The van der Waals surface area contributed by atoms with Crippen molar-refractivity contribution in [1.82, 2.24) is 0 Å². The molecule has 6 nitrogen and oxygen atoms in total. The third kappa shape index (κ3) is 4.50. The number of benzene rings is 2. The van der Waals surface area contributed by atoms with Gasteiger partial charge in [-0.15, -0.1) is 11.8 Å². The standard InChI is InChI=1S/C16H17NO5S2/c1-21-15-8-7-13(24(17,19)20)9-14(15)16(18)22-10-11-3-5-12(23-2)6-4-11/h3-9H,10H2,1-2H3,(H2,17,19,20). The highest BCUT2D eigenvalue weighted by atomic mass is 32.2. The number of esters is 1. The molecule has 0 saturated heterocycles. The Kier molecular flexibility index (Phi) is 5.87. The smallest absolute Gasteiger partial charge is 0.342 e. The second-order valence-corrected chi connectivity index (χ2v) is 7.27. The molecule has 0 aromatic heterocycles. The molecule has 0 aliphatic heterocycles. The average molecular weight is 367 g/mol. The Hall–Kier alpha value is -2.03. The van der Waals surface area contributed by atoms with Gasteiger partial charge in [-0.2, -0.15) is 0 Å². The van der Waals surface area contributed by atoms with Crippen LogP contribution in [0.15, 0.2) is 52.3 Å². The van der Waals surface area contributed by atoms with Crippen molar-refractivity contribution in [2.45, 2.75) is 16.4 Å². The molecule has 0 saturated carbocycles. The average Bonchev–Trinajstić information content (AvgIpc) is 2.58. The van der Waals surface area contributed by atoms with Gasteiger partial charge in [0.1, 0.15) is 17.9 Å². The number of carbonyl (C=O) groups excluding carboxylic acids is 1.